The van der Waals surface area contributed by atoms with Gasteiger partial charge in [-0.2, -0.15) is 0 Å². The van der Waals surface area contributed by atoms with Crippen LogP contribution in [-0.4, -0.2) is 39.5 Å². The number of carbonyl (C=O) groups is 2. The minimum Gasteiger partial charge on any atom is -0.452 e. The molecule has 0 bridgehead atoms. The lowest BCUT2D eigenvalue weighted by molar-refractivity contribution is -0.125. The first kappa shape index (κ1) is 20.4. The Morgan fingerprint density at radius 1 is 1.23 bits per heavy atom. The summed E-state index contributed by atoms with van der Waals surface area (Å²) in [7, 11) is -3.66. The molecule has 1 amide bonds. The zero-order valence-corrected chi connectivity index (χ0v) is 16.0. The highest BCUT2D eigenvalue weighted by atomic mass is 32.2. The Bertz CT molecular complexity index is 748. The van der Waals surface area contributed by atoms with E-state index in [9.17, 15) is 18.0 Å². The van der Waals surface area contributed by atoms with E-state index in [2.05, 4.69) is 17.0 Å². The number of sulfonamides is 1. The van der Waals surface area contributed by atoms with Crippen molar-refractivity contribution in [2.75, 3.05) is 13.2 Å². The molecule has 2 atom stereocenters. The SMILES string of the molecule is CCNS(=O)(=O)c1cccc(C(=O)OCC(=O)NC2CCCCC2C)c1. The second kappa shape index (κ2) is 9.14. The van der Waals surface area contributed by atoms with E-state index >= 15 is 0 Å². The van der Waals surface area contributed by atoms with Gasteiger partial charge in [0.25, 0.3) is 5.91 Å². The lowest BCUT2D eigenvalue weighted by Crippen LogP contribution is -2.42. The lowest BCUT2D eigenvalue weighted by Gasteiger charge is -2.29. The third-order valence-electron chi connectivity index (χ3n) is 4.51. The first-order valence-electron chi connectivity index (χ1n) is 8.89. The first-order chi connectivity index (χ1) is 12.3. The van der Waals surface area contributed by atoms with E-state index in [0.29, 0.717) is 5.92 Å². The molecule has 0 heterocycles. The largest absolute Gasteiger partial charge is 0.452 e. The Labute approximate surface area is 154 Å². The van der Waals surface area contributed by atoms with Crippen LogP contribution < -0.4 is 10.0 Å². The Morgan fingerprint density at radius 3 is 2.65 bits per heavy atom. The number of carbonyl (C=O) groups excluding carboxylic acids is 2. The summed E-state index contributed by atoms with van der Waals surface area (Å²) in [5.41, 5.74) is 0.0859. The number of ether oxygens (including phenoxy) is 1. The number of rotatable bonds is 7. The Hall–Kier alpha value is -1.93. The number of amides is 1. The van der Waals surface area contributed by atoms with Gasteiger partial charge in [-0.1, -0.05) is 32.8 Å². The van der Waals surface area contributed by atoms with Crippen molar-refractivity contribution in [3.05, 3.63) is 29.8 Å². The van der Waals surface area contributed by atoms with Gasteiger partial charge < -0.3 is 10.1 Å². The molecule has 0 aromatic heterocycles. The molecular weight excluding hydrogens is 356 g/mol. The molecule has 7 nitrogen and oxygen atoms in total. The summed E-state index contributed by atoms with van der Waals surface area (Å²) in [6, 6.07) is 5.66. The predicted octanol–water partition coefficient (Wildman–Crippen LogP) is 1.84. The highest BCUT2D eigenvalue weighted by molar-refractivity contribution is 7.89. The van der Waals surface area contributed by atoms with Crippen molar-refractivity contribution in [3.8, 4) is 0 Å². The lowest BCUT2D eigenvalue weighted by atomic mass is 9.86. The van der Waals surface area contributed by atoms with Gasteiger partial charge in [-0.15, -0.1) is 0 Å². The molecule has 2 N–H and O–H groups in total. The van der Waals surface area contributed by atoms with Crippen LogP contribution in [0.5, 0.6) is 0 Å². The third kappa shape index (κ3) is 5.54. The monoisotopic (exact) mass is 382 g/mol. The summed E-state index contributed by atoms with van der Waals surface area (Å²) in [4.78, 5) is 24.1. The van der Waals surface area contributed by atoms with E-state index in [1.807, 2.05) is 0 Å². The zero-order chi connectivity index (χ0) is 19.2. The summed E-state index contributed by atoms with van der Waals surface area (Å²) >= 11 is 0. The van der Waals surface area contributed by atoms with Crippen LogP contribution in [0.25, 0.3) is 0 Å². The Morgan fingerprint density at radius 2 is 1.96 bits per heavy atom. The maximum atomic E-state index is 12.1. The van der Waals surface area contributed by atoms with Gasteiger partial charge in [-0.25, -0.2) is 17.9 Å². The van der Waals surface area contributed by atoms with E-state index in [1.165, 1.54) is 30.7 Å². The predicted molar refractivity (Wildman–Crippen MR) is 97.1 cm³/mol. The maximum absolute atomic E-state index is 12.1. The van der Waals surface area contributed by atoms with Crippen molar-refractivity contribution in [3.63, 3.8) is 0 Å². The van der Waals surface area contributed by atoms with Gasteiger partial charge in [0.15, 0.2) is 6.61 Å². The van der Waals surface area contributed by atoms with Crippen LogP contribution >= 0.6 is 0 Å². The number of hydrogen-bond donors (Lipinski definition) is 2. The summed E-state index contributed by atoms with van der Waals surface area (Å²) in [5, 5.41) is 2.91. The number of nitrogens with one attached hydrogen (secondary N) is 2. The molecule has 8 heteroatoms. The molecule has 1 aromatic carbocycles. The maximum Gasteiger partial charge on any atom is 0.338 e. The minimum atomic E-state index is -3.66. The van der Waals surface area contributed by atoms with Gasteiger partial charge in [0.05, 0.1) is 10.5 Å². The van der Waals surface area contributed by atoms with Crippen molar-refractivity contribution in [1.29, 1.82) is 0 Å². The number of hydrogen-bond acceptors (Lipinski definition) is 5. The highest BCUT2D eigenvalue weighted by Gasteiger charge is 2.23. The van der Waals surface area contributed by atoms with Crippen molar-refractivity contribution >= 4 is 21.9 Å². The molecule has 144 valence electrons. The van der Waals surface area contributed by atoms with E-state index in [0.717, 1.165) is 19.3 Å². The van der Waals surface area contributed by atoms with Gasteiger partial charge in [0.2, 0.25) is 10.0 Å². The molecule has 1 aliphatic carbocycles. The molecule has 0 spiro atoms. The van der Waals surface area contributed by atoms with Crippen molar-refractivity contribution in [1.82, 2.24) is 10.0 Å². The number of esters is 1. The molecule has 0 saturated heterocycles. The fraction of sp³-hybridized carbons (Fsp3) is 0.556. The van der Waals surface area contributed by atoms with Crippen LogP contribution in [0.1, 0.15) is 49.9 Å². The summed E-state index contributed by atoms with van der Waals surface area (Å²) in [6.07, 6.45) is 4.28. The van der Waals surface area contributed by atoms with Crippen LogP contribution in [0.15, 0.2) is 29.2 Å². The molecule has 0 radical (unpaired) electrons. The smallest absolute Gasteiger partial charge is 0.338 e. The fourth-order valence-electron chi connectivity index (χ4n) is 3.06. The Kier molecular flexibility index (Phi) is 7.16. The molecule has 26 heavy (non-hydrogen) atoms. The second-order valence-corrected chi connectivity index (χ2v) is 8.31. The fourth-order valence-corrected chi connectivity index (χ4v) is 4.14. The standard InChI is InChI=1S/C18H26N2O5S/c1-3-19-26(23,24)15-9-6-8-14(11-15)18(22)25-12-17(21)20-16-10-5-4-7-13(16)2/h6,8-9,11,13,16,19H,3-5,7,10,12H2,1-2H3,(H,20,21). The normalized spacial score (nSPS) is 20.4. The molecular formula is C18H26N2O5S. The molecule has 1 aromatic rings. The highest BCUT2D eigenvalue weighted by Crippen LogP contribution is 2.23. The van der Waals surface area contributed by atoms with Crippen LogP contribution in [-0.2, 0) is 19.6 Å². The molecule has 1 saturated carbocycles. The van der Waals surface area contributed by atoms with Gasteiger partial charge in [-0.3, -0.25) is 4.79 Å². The molecule has 0 aliphatic heterocycles. The van der Waals surface area contributed by atoms with Crippen LogP contribution in [0.4, 0.5) is 0 Å². The average molecular weight is 382 g/mol. The van der Waals surface area contributed by atoms with Crippen LogP contribution in [0, 0.1) is 5.92 Å². The van der Waals surface area contributed by atoms with E-state index in [1.54, 1.807) is 6.92 Å². The topological polar surface area (TPSA) is 102 Å². The number of benzene rings is 1. The van der Waals surface area contributed by atoms with Crippen molar-refractivity contribution in [2.45, 2.75) is 50.5 Å². The molecule has 1 fully saturated rings. The van der Waals surface area contributed by atoms with Crippen molar-refractivity contribution < 1.29 is 22.7 Å². The van der Waals surface area contributed by atoms with E-state index in [-0.39, 0.29) is 35.6 Å². The quantitative estimate of drug-likeness (QED) is 0.701. The summed E-state index contributed by atoms with van der Waals surface area (Å²) < 4.78 is 31.4. The van der Waals surface area contributed by atoms with Gasteiger partial charge >= 0.3 is 5.97 Å². The van der Waals surface area contributed by atoms with E-state index < -0.39 is 16.0 Å². The summed E-state index contributed by atoms with van der Waals surface area (Å²) in [5.74, 6) is -0.657. The van der Waals surface area contributed by atoms with Gasteiger partial charge in [0.1, 0.15) is 0 Å². The first-order valence-corrected chi connectivity index (χ1v) is 10.4. The van der Waals surface area contributed by atoms with Crippen LogP contribution in [0.3, 0.4) is 0 Å². The minimum absolute atomic E-state index is 0.0192. The zero-order valence-electron chi connectivity index (χ0n) is 15.2. The molecule has 1 aliphatic rings. The third-order valence-corrected chi connectivity index (χ3v) is 6.05. The van der Waals surface area contributed by atoms with Gasteiger partial charge in [0, 0.05) is 12.6 Å². The van der Waals surface area contributed by atoms with Crippen LogP contribution in [0.2, 0.25) is 0 Å². The molecule has 2 unspecified atom stereocenters. The summed E-state index contributed by atoms with van der Waals surface area (Å²) in [6.45, 7) is 3.64. The Balaban J connectivity index is 1.92. The van der Waals surface area contributed by atoms with Gasteiger partial charge in [-0.05, 0) is 37.0 Å². The van der Waals surface area contributed by atoms with Crippen molar-refractivity contribution in [2.24, 2.45) is 5.92 Å². The second-order valence-electron chi connectivity index (χ2n) is 6.54. The molecule has 2 rings (SSSR count). The average Bonchev–Trinajstić information content (AvgIpc) is 2.62. The van der Waals surface area contributed by atoms with E-state index in [4.69, 9.17) is 4.74 Å².